The van der Waals surface area contributed by atoms with Crippen LogP contribution in [0.1, 0.15) is 31.0 Å². The van der Waals surface area contributed by atoms with Gasteiger partial charge in [0.25, 0.3) is 0 Å². The summed E-state index contributed by atoms with van der Waals surface area (Å²) in [6.45, 7) is 2.09. The number of methoxy groups -OCH3 is 1. The van der Waals surface area contributed by atoms with E-state index in [1.807, 2.05) is 18.3 Å². The first-order chi connectivity index (χ1) is 8.24. The quantitative estimate of drug-likeness (QED) is 0.756. The third-order valence-corrected chi connectivity index (χ3v) is 3.27. The maximum Gasteiger partial charge on any atom is 0.167 e. The van der Waals surface area contributed by atoms with Crippen LogP contribution in [-0.2, 0) is 22.4 Å². The number of nitrogens with zero attached hydrogens (tertiary/aromatic N) is 1. The summed E-state index contributed by atoms with van der Waals surface area (Å²) in [5.41, 5.74) is 2.04. The van der Waals surface area contributed by atoms with Crippen LogP contribution in [-0.4, -0.2) is 24.0 Å². The van der Waals surface area contributed by atoms with E-state index in [4.69, 9.17) is 4.74 Å². The molecule has 1 aliphatic carbocycles. The van der Waals surface area contributed by atoms with Crippen molar-refractivity contribution in [3.8, 4) is 0 Å². The number of ketones is 1. The molecule has 2 rings (SSSR count). The van der Waals surface area contributed by atoms with Gasteiger partial charge in [-0.1, -0.05) is 13.0 Å². The number of hydrogen-bond acceptors (Lipinski definition) is 3. The van der Waals surface area contributed by atoms with E-state index >= 15 is 0 Å². The third kappa shape index (κ3) is 3.13. The first-order valence-electron chi connectivity index (χ1n) is 6.24. The largest absolute Gasteiger partial charge is 0.373 e. The van der Waals surface area contributed by atoms with Gasteiger partial charge in [-0.15, -0.1) is 0 Å². The van der Waals surface area contributed by atoms with E-state index < -0.39 is 0 Å². The monoisotopic (exact) mass is 233 g/mol. The lowest BCUT2D eigenvalue weighted by molar-refractivity contribution is -0.129. The summed E-state index contributed by atoms with van der Waals surface area (Å²) in [6.07, 6.45) is 5.23. The molecule has 17 heavy (non-hydrogen) atoms. The van der Waals surface area contributed by atoms with Gasteiger partial charge in [0.2, 0.25) is 0 Å². The standard InChI is InChI=1S/C14H19NO2/c1-3-10-4-7-12(15-9-10)8-13(16)14(17-2)11-5-6-11/h4,7,9,11,14H,3,5-6,8H2,1-2H3. The zero-order valence-electron chi connectivity index (χ0n) is 10.5. The average molecular weight is 233 g/mol. The second kappa shape index (κ2) is 5.41. The molecule has 1 unspecified atom stereocenters. The molecule has 0 spiro atoms. The van der Waals surface area contributed by atoms with Gasteiger partial charge in [-0.3, -0.25) is 9.78 Å². The predicted molar refractivity (Wildman–Crippen MR) is 65.8 cm³/mol. The molecule has 1 aliphatic rings. The molecule has 0 N–H and O–H groups in total. The Hall–Kier alpha value is -1.22. The fourth-order valence-corrected chi connectivity index (χ4v) is 2.03. The molecule has 0 saturated heterocycles. The van der Waals surface area contributed by atoms with Crippen LogP contribution in [0.25, 0.3) is 0 Å². The molecule has 0 amide bonds. The van der Waals surface area contributed by atoms with Crippen LogP contribution >= 0.6 is 0 Å². The molecule has 1 atom stereocenters. The summed E-state index contributed by atoms with van der Waals surface area (Å²) in [6, 6.07) is 3.98. The molecular formula is C14H19NO2. The summed E-state index contributed by atoms with van der Waals surface area (Å²) in [5.74, 6) is 0.606. The molecule has 0 radical (unpaired) electrons. The lowest BCUT2D eigenvalue weighted by Gasteiger charge is -2.12. The smallest absolute Gasteiger partial charge is 0.167 e. The Labute approximate surface area is 102 Å². The summed E-state index contributed by atoms with van der Waals surface area (Å²) < 4.78 is 5.28. The van der Waals surface area contributed by atoms with Gasteiger partial charge in [0.1, 0.15) is 6.10 Å². The van der Waals surface area contributed by atoms with Gasteiger partial charge in [0, 0.05) is 19.0 Å². The Kier molecular flexibility index (Phi) is 3.89. The number of carbonyl (C=O) groups is 1. The molecule has 1 aromatic rings. The van der Waals surface area contributed by atoms with Crippen molar-refractivity contribution in [2.24, 2.45) is 5.92 Å². The van der Waals surface area contributed by atoms with E-state index in [0.29, 0.717) is 12.3 Å². The van der Waals surface area contributed by atoms with Crippen molar-refractivity contribution in [1.29, 1.82) is 0 Å². The van der Waals surface area contributed by atoms with Crippen LogP contribution in [0.4, 0.5) is 0 Å². The summed E-state index contributed by atoms with van der Waals surface area (Å²) in [7, 11) is 1.62. The number of rotatable bonds is 6. The fraction of sp³-hybridized carbons (Fsp3) is 0.571. The van der Waals surface area contributed by atoms with Crippen molar-refractivity contribution < 1.29 is 9.53 Å². The summed E-state index contributed by atoms with van der Waals surface area (Å²) >= 11 is 0. The van der Waals surface area contributed by atoms with Crippen molar-refractivity contribution in [1.82, 2.24) is 4.98 Å². The number of ether oxygens (including phenoxy) is 1. The van der Waals surface area contributed by atoms with Crippen molar-refractivity contribution in [3.63, 3.8) is 0 Å². The molecule has 1 saturated carbocycles. The van der Waals surface area contributed by atoms with Gasteiger partial charge < -0.3 is 4.74 Å². The minimum atomic E-state index is -0.220. The molecule has 3 nitrogen and oxygen atoms in total. The van der Waals surface area contributed by atoms with Crippen LogP contribution in [0.15, 0.2) is 18.3 Å². The number of pyridine rings is 1. The lowest BCUT2D eigenvalue weighted by atomic mass is 10.1. The molecule has 0 aliphatic heterocycles. The Morgan fingerprint density at radius 3 is 2.76 bits per heavy atom. The highest BCUT2D eigenvalue weighted by Crippen LogP contribution is 2.34. The fourth-order valence-electron chi connectivity index (χ4n) is 2.03. The van der Waals surface area contributed by atoms with Gasteiger partial charge in [-0.2, -0.15) is 0 Å². The summed E-state index contributed by atoms with van der Waals surface area (Å²) in [5, 5.41) is 0. The molecular weight excluding hydrogens is 214 g/mol. The number of Topliss-reactive ketones (excluding diaryl/α,β-unsaturated/α-hetero) is 1. The Morgan fingerprint density at radius 1 is 1.53 bits per heavy atom. The van der Waals surface area contributed by atoms with Gasteiger partial charge in [-0.05, 0) is 36.8 Å². The van der Waals surface area contributed by atoms with Gasteiger partial charge in [0.15, 0.2) is 5.78 Å². The average Bonchev–Trinajstić information content (AvgIpc) is 3.15. The first-order valence-corrected chi connectivity index (χ1v) is 6.24. The first kappa shape index (κ1) is 12.2. The Bertz CT molecular complexity index is 382. The van der Waals surface area contributed by atoms with Crippen molar-refractivity contribution in [2.75, 3.05) is 7.11 Å². The van der Waals surface area contributed by atoms with Crippen molar-refractivity contribution >= 4 is 5.78 Å². The van der Waals surface area contributed by atoms with Crippen molar-refractivity contribution in [3.05, 3.63) is 29.6 Å². The second-order valence-corrected chi connectivity index (χ2v) is 4.65. The zero-order valence-corrected chi connectivity index (χ0v) is 10.5. The number of carbonyl (C=O) groups excluding carboxylic acids is 1. The van der Waals surface area contributed by atoms with E-state index in [1.165, 1.54) is 5.56 Å². The molecule has 0 bridgehead atoms. The molecule has 1 aromatic heterocycles. The van der Waals surface area contributed by atoms with Crippen LogP contribution in [0.3, 0.4) is 0 Å². The van der Waals surface area contributed by atoms with Gasteiger partial charge in [-0.25, -0.2) is 0 Å². The Balaban J connectivity index is 1.96. The van der Waals surface area contributed by atoms with Crippen LogP contribution in [0, 0.1) is 5.92 Å². The summed E-state index contributed by atoms with van der Waals surface area (Å²) in [4.78, 5) is 16.3. The second-order valence-electron chi connectivity index (χ2n) is 4.65. The maximum absolute atomic E-state index is 12.0. The molecule has 92 valence electrons. The van der Waals surface area contributed by atoms with E-state index in [-0.39, 0.29) is 11.9 Å². The van der Waals surface area contributed by atoms with Crippen molar-refractivity contribution in [2.45, 2.75) is 38.7 Å². The number of aryl methyl sites for hydroxylation is 1. The minimum absolute atomic E-state index is 0.159. The topological polar surface area (TPSA) is 39.2 Å². The Morgan fingerprint density at radius 2 is 2.29 bits per heavy atom. The highest BCUT2D eigenvalue weighted by atomic mass is 16.5. The molecule has 1 fully saturated rings. The molecule has 0 aromatic carbocycles. The van der Waals surface area contributed by atoms with E-state index in [1.54, 1.807) is 7.11 Å². The minimum Gasteiger partial charge on any atom is -0.373 e. The maximum atomic E-state index is 12.0. The van der Waals surface area contributed by atoms with Crippen LogP contribution in [0.2, 0.25) is 0 Å². The molecule has 3 heteroatoms. The van der Waals surface area contributed by atoms with E-state index in [0.717, 1.165) is 25.0 Å². The number of aromatic nitrogens is 1. The molecule has 1 heterocycles. The normalized spacial score (nSPS) is 16.8. The number of hydrogen-bond donors (Lipinski definition) is 0. The zero-order chi connectivity index (χ0) is 12.3. The predicted octanol–water partition coefficient (Wildman–Crippen LogP) is 2.18. The SMILES string of the molecule is CCc1ccc(CC(=O)C(OC)C2CC2)nc1. The lowest BCUT2D eigenvalue weighted by Crippen LogP contribution is -2.27. The van der Waals surface area contributed by atoms with Crippen LogP contribution in [0.5, 0.6) is 0 Å². The highest BCUT2D eigenvalue weighted by molar-refractivity contribution is 5.85. The highest BCUT2D eigenvalue weighted by Gasteiger charge is 2.35. The van der Waals surface area contributed by atoms with Crippen LogP contribution < -0.4 is 0 Å². The van der Waals surface area contributed by atoms with E-state index in [2.05, 4.69) is 11.9 Å². The van der Waals surface area contributed by atoms with Gasteiger partial charge in [0.05, 0.1) is 6.42 Å². The van der Waals surface area contributed by atoms with E-state index in [9.17, 15) is 4.79 Å². The van der Waals surface area contributed by atoms with Gasteiger partial charge >= 0.3 is 0 Å². The third-order valence-electron chi connectivity index (χ3n) is 3.27.